The zero-order valence-electron chi connectivity index (χ0n) is 21.4. The number of nitrogens with one attached hydrogen (secondary N) is 3. The van der Waals surface area contributed by atoms with Gasteiger partial charge in [-0.3, -0.25) is 19.4 Å². The molecular weight excluding hydrogens is 482 g/mol. The molecule has 0 spiro atoms. The smallest absolute Gasteiger partial charge is 0.326 e. The molecule has 0 aliphatic rings. The lowest BCUT2D eigenvalue weighted by Crippen LogP contribution is -2.58. The summed E-state index contributed by atoms with van der Waals surface area (Å²) in [7, 11) is 0. The molecule has 206 valence electrons. The van der Waals surface area contributed by atoms with Crippen molar-refractivity contribution in [2.24, 2.45) is 28.1 Å². The molecule has 1 rings (SSSR count). The van der Waals surface area contributed by atoms with E-state index in [2.05, 4.69) is 20.9 Å². The Hall–Kier alpha value is -3.87. The first kappa shape index (κ1) is 31.2. The zero-order chi connectivity index (χ0) is 28.1. The van der Waals surface area contributed by atoms with Crippen LogP contribution in [0.25, 0.3) is 0 Å². The van der Waals surface area contributed by atoms with Crippen LogP contribution in [-0.4, -0.2) is 70.6 Å². The summed E-state index contributed by atoms with van der Waals surface area (Å²) < 4.78 is 0. The van der Waals surface area contributed by atoms with Crippen LogP contribution in [0.3, 0.4) is 0 Å². The van der Waals surface area contributed by atoms with Gasteiger partial charge in [-0.15, -0.1) is 0 Å². The fourth-order valence-corrected chi connectivity index (χ4v) is 3.36. The van der Waals surface area contributed by atoms with Gasteiger partial charge in [-0.05, 0) is 43.4 Å². The number of carboxylic acid groups (broad SMARTS) is 1. The summed E-state index contributed by atoms with van der Waals surface area (Å²) in [6.07, 6.45) is 0.914. The van der Waals surface area contributed by atoms with E-state index in [-0.39, 0.29) is 37.0 Å². The van der Waals surface area contributed by atoms with Crippen LogP contribution < -0.4 is 33.2 Å². The van der Waals surface area contributed by atoms with Gasteiger partial charge < -0.3 is 43.4 Å². The SMILES string of the molecule is CCC(C)C(NC(=O)C(C)N)C(=O)NC(Cc1ccc(O)cc1)C(=O)NC(CCCN=C(N)N)C(=O)O. The van der Waals surface area contributed by atoms with Gasteiger partial charge in [0.2, 0.25) is 17.7 Å². The molecule has 1 aromatic carbocycles. The number of aromatic hydroxyl groups is 1. The molecule has 13 heteroatoms. The summed E-state index contributed by atoms with van der Waals surface area (Å²) >= 11 is 0. The van der Waals surface area contributed by atoms with Crippen molar-refractivity contribution in [3.8, 4) is 5.75 Å². The van der Waals surface area contributed by atoms with Gasteiger partial charge in [-0.25, -0.2) is 4.79 Å². The highest BCUT2D eigenvalue weighted by Crippen LogP contribution is 2.13. The van der Waals surface area contributed by atoms with Gasteiger partial charge in [0.25, 0.3) is 0 Å². The normalized spacial score (nSPS) is 14.8. The van der Waals surface area contributed by atoms with Crippen LogP contribution in [0.1, 0.15) is 45.6 Å². The fourth-order valence-electron chi connectivity index (χ4n) is 3.36. The maximum Gasteiger partial charge on any atom is 0.326 e. The first-order valence-electron chi connectivity index (χ1n) is 12.1. The molecule has 0 aromatic heterocycles. The van der Waals surface area contributed by atoms with Crippen LogP contribution in [0, 0.1) is 5.92 Å². The van der Waals surface area contributed by atoms with E-state index in [1.54, 1.807) is 19.1 Å². The number of rotatable bonds is 15. The number of hydrogen-bond acceptors (Lipinski definition) is 7. The lowest BCUT2D eigenvalue weighted by Gasteiger charge is -2.27. The highest BCUT2D eigenvalue weighted by Gasteiger charge is 2.32. The van der Waals surface area contributed by atoms with Crippen molar-refractivity contribution in [1.82, 2.24) is 16.0 Å². The minimum atomic E-state index is -1.26. The Labute approximate surface area is 216 Å². The summed E-state index contributed by atoms with van der Waals surface area (Å²) in [4.78, 5) is 54.1. The monoisotopic (exact) mass is 521 g/mol. The molecule has 0 heterocycles. The van der Waals surface area contributed by atoms with Gasteiger partial charge in [0.05, 0.1) is 6.04 Å². The number of aliphatic carboxylic acids is 1. The Bertz CT molecular complexity index is 947. The summed E-state index contributed by atoms with van der Waals surface area (Å²) in [5.74, 6) is -3.49. The second-order valence-corrected chi connectivity index (χ2v) is 8.94. The van der Waals surface area contributed by atoms with Gasteiger partial charge in [0.15, 0.2) is 5.96 Å². The van der Waals surface area contributed by atoms with Crippen molar-refractivity contribution in [1.29, 1.82) is 0 Å². The number of nitrogens with zero attached hydrogens (tertiary/aromatic N) is 1. The molecule has 0 fully saturated rings. The lowest BCUT2D eigenvalue weighted by molar-refractivity contribution is -0.142. The minimum Gasteiger partial charge on any atom is -0.508 e. The largest absolute Gasteiger partial charge is 0.508 e. The highest BCUT2D eigenvalue weighted by atomic mass is 16.4. The molecule has 0 saturated carbocycles. The molecule has 13 nitrogen and oxygen atoms in total. The first-order valence-corrected chi connectivity index (χ1v) is 12.1. The van der Waals surface area contributed by atoms with E-state index in [4.69, 9.17) is 17.2 Å². The van der Waals surface area contributed by atoms with Gasteiger partial charge in [0.1, 0.15) is 23.9 Å². The predicted molar refractivity (Wildman–Crippen MR) is 138 cm³/mol. The Morgan fingerprint density at radius 2 is 1.54 bits per heavy atom. The van der Waals surface area contributed by atoms with Crippen LogP contribution in [-0.2, 0) is 25.6 Å². The molecule has 0 saturated heterocycles. The number of carboxylic acids is 1. The Morgan fingerprint density at radius 3 is 2.05 bits per heavy atom. The number of aliphatic imine (C=N–C) groups is 1. The molecule has 1 aromatic rings. The van der Waals surface area contributed by atoms with E-state index >= 15 is 0 Å². The molecule has 11 N–H and O–H groups in total. The van der Waals surface area contributed by atoms with Crippen LogP contribution >= 0.6 is 0 Å². The first-order chi connectivity index (χ1) is 17.3. The Morgan fingerprint density at radius 1 is 0.946 bits per heavy atom. The van der Waals surface area contributed by atoms with Crippen LogP contribution in [0.4, 0.5) is 0 Å². The summed E-state index contributed by atoms with van der Waals surface area (Å²) in [6, 6.07) is 1.80. The molecule has 3 amide bonds. The van der Waals surface area contributed by atoms with E-state index in [9.17, 15) is 29.4 Å². The average molecular weight is 522 g/mol. The van der Waals surface area contributed by atoms with Crippen LogP contribution in [0.2, 0.25) is 0 Å². The number of carbonyl (C=O) groups is 4. The van der Waals surface area contributed by atoms with Gasteiger partial charge in [-0.1, -0.05) is 32.4 Å². The second-order valence-electron chi connectivity index (χ2n) is 8.94. The number of guanidine groups is 1. The third-order valence-corrected chi connectivity index (χ3v) is 5.78. The minimum absolute atomic E-state index is 0.00660. The van der Waals surface area contributed by atoms with E-state index in [1.165, 1.54) is 19.1 Å². The van der Waals surface area contributed by atoms with E-state index < -0.39 is 47.9 Å². The van der Waals surface area contributed by atoms with Crippen LogP contribution in [0.5, 0.6) is 5.75 Å². The van der Waals surface area contributed by atoms with Crippen molar-refractivity contribution >= 4 is 29.7 Å². The number of carbonyl (C=O) groups excluding carboxylic acids is 3. The maximum absolute atomic E-state index is 13.2. The van der Waals surface area contributed by atoms with Crippen molar-refractivity contribution in [3.05, 3.63) is 29.8 Å². The Balaban J connectivity index is 3.13. The van der Waals surface area contributed by atoms with Crippen molar-refractivity contribution in [3.63, 3.8) is 0 Å². The zero-order valence-corrected chi connectivity index (χ0v) is 21.4. The number of nitrogens with two attached hydrogens (primary N) is 3. The van der Waals surface area contributed by atoms with E-state index in [0.29, 0.717) is 18.4 Å². The molecule has 37 heavy (non-hydrogen) atoms. The standard InChI is InChI=1S/C24H39N7O6/c1-4-13(2)19(31-20(33)14(3)25)22(35)30-18(12-15-7-9-16(32)10-8-15)21(34)29-17(23(36)37)6-5-11-28-24(26)27/h7-10,13-14,17-19,32H,4-6,11-12,25H2,1-3H3,(H,29,34)(H,30,35)(H,31,33)(H,36,37)(H4,26,27,28). The van der Waals surface area contributed by atoms with Crippen molar-refractivity contribution in [2.45, 2.75) is 70.6 Å². The topological polar surface area (TPSA) is 235 Å². The highest BCUT2D eigenvalue weighted by molar-refractivity contribution is 5.94. The number of phenolic OH excluding ortho intramolecular Hbond substituents is 1. The Kier molecular flexibility index (Phi) is 12.9. The lowest BCUT2D eigenvalue weighted by atomic mass is 9.96. The van der Waals surface area contributed by atoms with Gasteiger partial charge in [0, 0.05) is 13.0 Å². The van der Waals surface area contributed by atoms with E-state index in [1.807, 2.05) is 6.92 Å². The van der Waals surface area contributed by atoms with Crippen molar-refractivity contribution in [2.75, 3.05) is 6.54 Å². The third kappa shape index (κ3) is 11.2. The van der Waals surface area contributed by atoms with Gasteiger partial charge in [-0.2, -0.15) is 0 Å². The predicted octanol–water partition coefficient (Wildman–Crippen LogP) is -1.08. The number of amides is 3. The second kappa shape index (κ2) is 15.3. The van der Waals surface area contributed by atoms with Crippen molar-refractivity contribution < 1.29 is 29.4 Å². The molecular formula is C24H39N7O6. The quantitative estimate of drug-likeness (QED) is 0.0794. The fraction of sp³-hybridized carbons (Fsp3) is 0.542. The third-order valence-electron chi connectivity index (χ3n) is 5.78. The number of phenols is 1. The van der Waals surface area contributed by atoms with Crippen LogP contribution in [0.15, 0.2) is 29.3 Å². The summed E-state index contributed by atoms with van der Waals surface area (Å²) in [5.41, 5.74) is 16.8. The summed E-state index contributed by atoms with van der Waals surface area (Å²) in [5, 5.41) is 26.9. The number of benzene rings is 1. The number of hydrogen-bond donors (Lipinski definition) is 8. The molecule has 0 radical (unpaired) electrons. The molecule has 0 bridgehead atoms. The maximum atomic E-state index is 13.2. The molecule has 5 unspecified atom stereocenters. The molecule has 5 atom stereocenters. The average Bonchev–Trinajstić information content (AvgIpc) is 2.83. The van der Waals surface area contributed by atoms with E-state index in [0.717, 1.165) is 0 Å². The molecule has 0 aliphatic carbocycles. The van der Waals surface area contributed by atoms with Gasteiger partial charge >= 0.3 is 5.97 Å². The molecule has 0 aliphatic heterocycles. The summed E-state index contributed by atoms with van der Waals surface area (Å²) in [6.45, 7) is 5.30.